The number of methoxy groups -OCH3 is 1. The van der Waals surface area contributed by atoms with Crippen molar-refractivity contribution < 1.29 is 14.1 Å². The lowest BCUT2D eigenvalue weighted by molar-refractivity contribution is -0.121. The topological polar surface area (TPSA) is 99.2 Å². The van der Waals surface area contributed by atoms with Gasteiger partial charge in [0.1, 0.15) is 17.9 Å². The van der Waals surface area contributed by atoms with E-state index in [-0.39, 0.29) is 29.5 Å². The molecule has 0 saturated carbocycles. The Kier molecular flexibility index (Phi) is 6.79. The molecular formula is C25H23ClN4O4. The molecule has 2 aromatic carbocycles. The van der Waals surface area contributed by atoms with Crippen LogP contribution in [0.4, 0.5) is 0 Å². The zero-order chi connectivity index (χ0) is 24.2. The first-order valence-corrected chi connectivity index (χ1v) is 10.9. The first-order chi connectivity index (χ1) is 16.4. The van der Waals surface area contributed by atoms with Crippen LogP contribution in [0.25, 0.3) is 22.8 Å². The summed E-state index contributed by atoms with van der Waals surface area (Å²) in [7, 11) is 1.59. The Morgan fingerprint density at radius 2 is 1.91 bits per heavy atom. The van der Waals surface area contributed by atoms with Crippen molar-refractivity contribution in [1.82, 2.24) is 20.0 Å². The van der Waals surface area contributed by atoms with Crippen LogP contribution in [0, 0.1) is 13.8 Å². The predicted octanol–water partition coefficient (Wildman–Crippen LogP) is 4.16. The molecule has 0 aliphatic heterocycles. The van der Waals surface area contributed by atoms with Gasteiger partial charge in [-0.25, -0.2) is 0 Å². The number of ether oxygens (including phenoxy) is 1. The maximum absolute atomic E-state index is 13.3. The molecule has 2 heterocycles. The van der Waals surface area contributed by atoms with Crippen LogP contribution < -0.4 is 15.6 Å². The van der Waals surface area contributed by atoms with Crippen molar-refractivity contribution in [3.8, 4) is 28.6 Å². The molecule has 0 bridgehead atoms. The fourth-order valence-corrected chi connectivity index (χ4v) is 3.73. The molecule has 8 nitrogen and oxygen atoms in total. The lowest BCUT2D eigenvalue weighted by Gasteiger charge is -2.13. The van der Waals surface area contributed by atoms with Gasteiger partial charge in [-0.2, -0.15) is 4.98 Å². The molecule has 2 aromatic heterocycles. The molecule has 4 aromatic rings. The number of rotatable bonds is 7. The van der Waals surface area contributed by atoms with Gasteiger partial charge >= 0.3 is 0 Å². The number of hydrogen-bond acceptors (Lipinski definition) is 6. The van der Waals surface area contributed by atoms with Gasteiger partial charge in [-0.1, -0.05) is 28.9 Å². The highest BCUT2D eigenvalue weighted by Gasteiger charge is 2.20. The standard InChI is InChI=1S/C25H23ClN4O4/c1-15-11-16(2)30(14-21(31)27-13-17-5-4-6-20(12-17)33-3)25(32)22(15)24-28-23(29-34-24)18-7-9-19(26)10-8-18/h4-12H,13-14H2,1-3H3,(H,27,31). The second-order valence-corrected chi connectivity index (χ2v) is 8.23. The van der Waals surface area contributed by atoms with Gasteiger partial charge in [0.2, 0.25) is 11.7 Å². The van der Waals surface area contributed by atoms with Crippen LogP contribution in [0.2, 0.25) is 5.02 Å². The zero-order valence-corrected chi connectivity index (χ0v) is 19.7. The first kappa shape index (κ1) is 23.3. The van der Waals surface area contributed by atoms with E-state index in [1.54, 1.807) is 45.2 Å². The predicted molar refractivity (Wildman–Crippen MR) is 129 cm³/mol. The molecule has 0 unspecified atom stereocenters. The summed E-state index contributed by atoms with van der Waals surface area (Å²) >= 11 is 5.94. The highest BCUT2D eigenvalue weighted by molar-refractivity contribution is 6.30. The number of nitrogens with zero attached hydrogens (tertiary/aromatic N) is 3. The number of carbonyl (C=O) groups is 1. The average Bonchev–Trinajstić information content (AvgIpc) is 3.30. The van der Waals surface area contributed by atoms with Gasteiger partial charge in [0.15, 0.2) is 0 Å². The number of pyridine rings is 1. The van der Waals surface area contributed by atoms with Crippen LogP contribution in [0.3, 0.4) is 0 Å². The van der Waals surface area contributed by atoms with Gasteiger partial charge in [-0.05, 0) is 67.4 Å². The summed E-state index contributed by atoms with van der Waals surface area (Å²) in [4.78, 5) is 30.3. The molecule has 9 heteroatoms. The van der Waals surface area contributed by atoms with Crippen molar-refractivity contribution in [2.75, 3.05) is 7.11 Å². The molecule has 1 amide bonds. The number of halogens is 1. The monoisotopic (exact) mass is 478 g/mol. The lowest BCUT2D eigenvalue weighted by Crippen LogP contribution is -2.34. The van der Waals surface area contributed by atoms with E-state index in [4.69, 9.17) is 20.9 Å². The van der Waals surface area contributed by atoms with Crippen LogP contribution in [0.15, 0.2) is 63.9 Å². The van der Waals surface area contributed by atoms with Crippen LogP contribution in [-0.2, 0) is 17.9 Å². The van der Waals surface area contributed by atoms with Gasteiger partial charge in [-0.3, -0.25) is 9.59 Å². The lowest BCUT2D eigenvalue weighted by atomic mass is 10.1. The van der Waals surface area contributed by atoms with Gasteiger partial charge in [0, 0.05) is 22.8 Å². The molecule has 1 N–H and O–H groups in total. The number of aryl methyl sites for hydroxylation is 2. The third-order valence-corrected chi connectivity index (χ3v) is 5.62. The Hall–Kier alpha value is -3.91. The van der Waals surface area contributed by atoms with Crippen LogP contribution >= 0.6 is 11.6 Å². The molecule has 0 aliphatic rings. The molecule has 0 spiro atoms. The van der Waals surface area contributed by atoms with Crippen molar-refractivity contribution in [2.45, 2.75) is 26.9 Å². The maximum atomic E-state index is 13.3. The van der Waals surface area contributed by atoms with E-state index in [0.717, 1.165) is 5.56 Å². The van der Waals surface area contributed by atoms with E-state index in [0.29, 0.717) is 40.0 Å². The molecule has 0 radical (unpaired) electrons. The molecule has 34 heavy (non-hydrogen) atoms. The fourth-order valence-electron chi connectivity index (χ4n) is 3.61. The Labute approximate surface area is 201 Å². The van der Waals surface area contributed by atoms with Gasteiger partial charge in [0.05, 0.1) is 7.11 Å². The molecule has 0 aliphatic carbocycles. The summed E-state index contributed by atoms with van der Waals surface area (Å²) in [5.41, 5.74) is 2.82. The summed E-state index contributed by atoms with van der Waals surface area (Å²) in [6, 6.07) is 16.2. The van der Waals surface area contributed by atoms with E-state index in [1.165, 1.54) is 4.57 Å². The third kappa shape index (κ3) is 5.02. The summed E-state index contributed by atoms with van der Waals surface area (Å²) in [5.74, 6) is 0.848. The maximum Gasteiger partial charge on any atom is 0.264 e. The molecule has 0 saturated heterocycles. The van der Waals surface area contributed by atoms with E-state index >= 15 is 0 Å². The van der Waals surface area contributed by atoms with Crippen molar-refractivity contribution in [3.63, 3.8) is 0 Å². The van der Waals surface area contributed by atoms with E-state index < -0.39 is 0 Å². The molecule has 174 valence electrons. The minimum Gasteiger partial charge on any atom is -0.497 e. The van der Waals surface area contributed by atoms with Gasteiger partial charge in [-0.15, -0.1) is 0 Å². The summed E-state index contributed by atoms with van der Waals surface area (Å²) in [6.45, 7) is 3.75. The quantitative estimate of drug-likeness (QED) is 0.428. The minimum absolute atomic E-state index is 0.0954. The van der Waals surface area contributed by atoms with Gasteiger partial charge in [0.25, 0.3) is 11.4 Å². The summed E-state index contributed by atoms with van der Waals surface area (Å²) in [6.07, 6.45) is 0. The highest BCUT2D eigenvalue weighted by atomic mass is 35.5. The SMILES string of the molecule is COc1cccc(CNC(=O)Cn2c(C)cc(C)c(-c3nc(-c4ccc(Cl)cc4)no3)c2=O)c1. The smallest absolute Gasteiger partial charge is 0.264 e. The normalized spacial score (nSPS) is 10.8. The van der Waals surface area contributed by atoms with Crippen LogP contribution in [0.1, 0.15) is 16.8 Å². The number of amides is 1. The molecule has 0 fully saturated rings. The Bertz CT molecular complexity index is 1390. The number of nitrogens with one attached hydrogen (secondary N) is 1. The van der Waals surface area contributed by atoms with Crippen molar-refractivity contribution in [3.05, 3.63) is 86.8 Å². The molecule has 0 atom stereocenters. The van der Waals surface area contributed by atoms with Crippen LogP contribution in [-0.4, -0.2) is 27.7 Å². The largest absolute Gasteiger partial charge is 0.497 e. The van der Waals surface area contributed by atoms with Gasteiger partial charge < -0.3 is 19.1 Å². The van der Waals surface area contributed by atoms with Crippen LogP contribution in [0.5, 0.6) is 5.75 Å². The average molecular weight is 479 g/mol. The number of benzene rings is 2. The van der Waals surface area contributed by atoms with Crippen molar-refractivity contribution in [2.24, 2.45) is 0 Å². The van der Waals surface area contributed by atoms with Crippen molar-refractivity contribution >= 4 is 17.5 Å². The Morgan fingerprint density at radius 3 is 2.65 bits per heavy atom. The summed E-state index contributed by atoms with van der Waals surface area (Å²) in [5, 5.41) is 7.43. The number of carbonyl (C=O) groups excluding carboxylic acids is 1. The Morgan fingerprint density at radius 1 is 1.15 bits per heavy atom. The second-order valence-electron chi connectivity index (χ2n) is 7.79. The van der Waals surface area contributed by atoms with E-state index in [9.17, 15) is 9.59 Å². The third-order valence-electron chi connectivity index (χ3n) is 5.37. The number of aromatic nitrogens is 3. The number of hydrogen-bond donors (Lipinski definition) is 1. The fraction of sp³-hybridized carbons (Fsp3) is 0.200. The van der Waals surface area contributed by atoms with E-state index in [1.807, 2.05) is 30.3 Å². The Balaban J connectivity index is 1.56. The van der Waals surface area contributed by atoms with Crippen molar-refractivity contribution in [1.29, 1.82) is 0 Å². The molecule has 4 rings (SSSR count). The summed E-state index contributed by atoms with van der Waals surface area (Å²) < 4.78 is 12.0. The first-order valence-electron chi connectivity index (χ1n) is 10.6. The highest BCUT2D eigenvalue weighted by Crippen LogP contribution is 2.24. The molecular weight excluding hydrogens is 456 g/mol. The zero-order valence-electron chi connectivity index (χ0n) is 19.0. The van der Waals surface area contributed by atoms with E-state index in [2.05, 4.69) is 15.5 Å². The second kappa shape index (κ2) is 9.93. The minimum atomic E-state index is -0.375.